The number of rotatable bonds is 4. The number of hydrogen-bond donors (Lipinski definition) is 2. The number of aromatic amines is 2. The van der Waals surface area contributed by atoms with E-state index in [9.17, 15) is 0 Å². The second-order valence-electron chi connectivity index (χ2n) is 11.5. The Morgan fingerprint density at radius 2 is 0.708 bits per heavy atom. The minimum Gasteiger partial charge on any atom is -0.353 e. The van der Waals surface area contributed by atoms with Crippen LogP contribution >= 0.6 is 0 Å². The second kappa shape index (κ2) is 11.5. The van der Waals surface area contributed by atoms with Crippen LogP contribution in [-0.4, -0.2) is 39.9 Å². The number of hydrogen-bond acceptors (Lipinski definition) is 6. The van der Waals surface area contributed by atoms with Crippen LogP contribution < -0.4 is 0 Å². The zero-order valence-corrected chi connectivity index (χ0v) is 25.5. The molecule has 0 saturated heterocycles. The largest absolute Gasteiger partial charge is 0.353 e. The third-order valence-electron chi connectivity index (χ3n) is 8.63. The molecule has 8 heteroatoms. The Bertz CT molecular complexity index is 2350. The van der Waals surface area contributed by atoms with Gasteiger partial charge in [-0.2, -0.15) is 0 Å². The maximum absolute atomic E-state index is 5.17. The molecule has 2 aliphatic heterocycles. The van der Waals surface area contributed by atoms with Gasteiger partial charge in [0.15, 0.2) is 0 Å². The van der Waals surface area contributed by atoms with E-state index in [2.05, 4.69) is 78.5 Å². The number of nitrogens with one attached hydrogen (secondary N) is 2. The maximum atomic E-state index is 5.17. The van der Waals surface area contributed by atoms with Gasteiger partial charge in [-0.05, 0) is 119 Å². The van der Waals surface area contributed by atoms with E-state index in [1.807, 2.05) is 98.1 Å². The summed E-state index contributed by atoms with van der Waals surface area (Å²) in [5.41, 5.74) is 15.4. The summed E-state index contributed by atoms with van der Waals surface area (Å²) in [4.78, 5) is 34.7. The van der Waals surface area contributed by atoms with Gasteiger partial charge in [0, 0.05) is 82.9 Å². The predicted molar refractivity (Wildman–Crippen MR) is 190 cm³/mol. The Morgan fingerprint density at radius 3 is 1.08 bits per heavy atom. The van der Waals surface area contributed by atoms with Crippen LogP contribution in [0.5, 0.6) is 0 Å². The Kier molecular flexibility index (Phi) is 6.61. The minimum atomic E-state index is 0.844. The van der Waals surface area contributed by atoms with Gasteiger partial charge < -0.3 is 9.97 Å². The molecule has 0 amide bonds. The van der Waals surface area contributed by atoms with Gasteiger partial charge in [0.1, 0.15) is 0 Å². The van der Waals surface area contributed by atoms with Crippen LogP contribution in [0.4, 0.5) is 0 Å². The minimum absolute atomic E-state index is 0.844. The summed E-state index contributed by atoms with van der Waals surface area (Å²) in [7, 11) is 0. The van der Waals surface area contributed by atoms with E-state index in [1.54, 1.807) is 0 Å². The lowest BCUT2D eigenvalue weighted by molar-refractivity contribution is 1.29. The number of H-pyrrole nitrogens is 2. The van der Waals surface area contributed by atoms with Crippen LogP contribution in [0, 0.1) is 0 Å². The van der Waals surface area contributed by atoms with Crippen molar-refractivity contribution < 1.29 is 0 Å². The van der Waals surface area contributed by atoms with E-state index < -0.39 is 0 Å². The SMILES string of the molecule is C1=C(c2ccncc2)c2ccc3[nH]c(cc3-c3ccncc3)c3nc(ccc4[nH]c(cc4-c4ccncc4)c1n2)C(c1ccncc1)=C3. The van der Waals surface area contributed by atoms with Crippen molar-refractivity contribution in [2.24, 2.45) is 0 Å². The van der Waals surface area contributed by atoms with E-state index in [4.69, 9.17) is 9.97 Å². The lowest BCUT2D eigenvalue weighted by Gasteiger charge is -2.01. The van der Waals surface area contributed by atoms with Gasteiger partial charge in [0.25, 0.3) is 0 Å². The molecular weight excluding hydrogens is 592 g/mol. The molecule has 8 nitrogen and oxygen atoms in total. The van der Waals surface area contributed by atoms with Crippen LogP contribution in [0.3, 0.4) is 0 Å². The molecule has 2 N–H and O–H groups in total. The van der Waals surface area contributed by atoms with Crippen LogP contribution in [0.15, 0.2) is 135 Å². The van der Waals surface area contributed by atoms with Gasteiger partial charge in [0.05, 0.1) is 33.8 Å². The number of aromatic nitrogens is 8. The molecule has 2 aliphatic rings. The first-order valence-corrected chi connectivity index (χ1v) is 15.6. The van der Waals surface area contributed by atoms with Gasteiger partial charge in [-0.15, -0.1) is 0 Å². The summed E-state index contributed by atoms with van der Waals surface area (Å²) in [6, 6.07) is 28.8. The van der Waals surface area contributed by atoms with Crippen LogP contribution in [-0.2, 0) is 0 Å². The molecule has 0 aromatic carbocycles. The van der Waals surface area contributed by atoms with E-state index in [-0.39, 0.29) is 0 Å². The van der Waals surface area contributed by atoms with E-state index in [1.165, 1.54) is 0 Å². The quantitative estimate of drug-likeness (QED) is 0.205. The third-order valence-corrected chi connectivity index (χ3v) is 8.63. The molecule has 48 heavy (non-hydrogen) atoms. The van der Waals surface area contributed by atoms with Gasteiger partial charge in [-0.3, -0.25) is 19.9 Å². The van der Waals surface area contributed by atoms with Crippen molar-refractivity contribution in [1.29, 1.82) is 0 Å². The van der Waals surface area contributed by atoms with Crippen molar-refractivity contribution in [2.45, 2.75) is 0 Å². The van der Waals surface area contributed by atoms with Crippen molar-refractivity contribution in [3.05, 3.63) is 168 Å². The molecule has 0 radical (unpaired) electrons. The van der Waals surface area contributed by atoms with Gasteiger partial charge >= 0.3 is 0 Å². The highest BCUT2D eigenvalue weighted by molar-refractivity contribution is 5.99. The fraction of sp³-hybridized carbons (Fsp3) is 0. The van der Waals surface area contributed by atoms with Gasteiger partial charge in [0.2, 0.25) is 0 Å². The molecule has 0 atom stereocenters. The van der Waals surface area contributed by atoms with E-state index >= 15 is 0 Å². The highest BCUT2D eigenvalue weighted by Gasteiger charge is 2.18. The molecule has 7 aromatic heterocycles. The average molecular weight is 619 g/mol. The molecule has 226 valence electrons. The zero-order valence-electron chi connectivity index (χ0n) is 25.5. The van der Waals surface area contributed by atoms with E-state index in [0.29, 0.717) is 0 Å². The summed E-state index contributed by atoms with van der Waals surface area (Å²) < 4.78 is 0. The zero-order chi connectivity index (χ0) is 31.9. The molecule has 7 aromatic rings. The molecule has 0 aliphatic carbocycles. The maximum Gasteiger partial charge on any atom is 0.0879 e. The molecule has 8 bridgehead atoms. The van der Waals surface area contributed by atoms with Crippen molar-refractivity contribution in [2.75, 3.05) is 0 Å². The van der Waals surface area contributed by atoms with Crippen molar-refractivity contribution in [3.63, 3.8) is 0 Å². The van der Waals surface area contributed by atoms with Crippen molar-refractivity contribution >= 4 is 45.4 Å². The van der Waals surface area contributed by atoms with E-state index in [0.717, 1.165) is 89.4 Å². The number of nitrogens with zero attached hydrogens (tertiary/aromatic N) is 6. The van der Waals surface area contributed by atoms with Crippen LogP contribution in [0.1, 0.15) is 33.9 Å². The first kappa shape index (κ1) is 27.5. The Labute approximate surface area is 275 Å². The fourth-order valence-corrected chi connectivity index (χ4v) is 6.27. The van der Waals surface area contributed by atoms with Gasteiger partial charge in [-0.25, -0.2) is 9.97 Å². The molecular formula is C40H26N8. The summed E-state index contributed by atoms with van der Waals surface area (Å²) in [6.07, 6.45) is 18.8. The molecule has 9 rings (SSSR count). The lowest BCUT2D eigenvalue weighted by atomic mass is 10.0. The molecule has 0 fully saturated rings. The smallest absolute Gasteiger partial charge is 0.0879 e. The Balaban J connectivity index is 1.38. The first-order chi connectivity index (χ1) is 23.8. The fourth-order valence-electron chi connectivity index (χ4n) is 6.27. The highest BCUT2D eigenvalue weighted by atomic mass is 14.8. The van der Waals surface area contributed by atoms with Crippen LogP contribution in [0.2, 0.25) is 0 Å². The predicted octanol–water partition coefficient (Wildman–Crippen LogP) is 8.41. The molecule has 9 heterocycles. The third kappa shape index (κ3) is 4.98. The molecule has 0 spiro atoms. The average Bonchev–Trinajstić information content (AvgIpc) is 3.95. The van der Waals surface area contributed by atoms with Crippen LogP contribution in [0.25, 0.3) is 67.6 Å². The Morgan fingerprint density at radius 1 is 0.354 bits per heavy atom. The molecule has 0 saturated carbocycles. The summed E-state index contributed by atoms with van der Waals surface area (Å²) in [6.45, 7) is 0. The Hall–Kier alpha value is -6.80. The lowest BCUT2D eigenvalue weighted by Crippen LogP contribution is -1.85. The standard InChI is InChI=1S/C40H26N8/c1-2-34-30(26-7-15-42-16-8-26)22-39(46-34)40-24-32(28-11-19-44-20-12-28)36(48-40)4-3-35-31(27-9-17-43-18-10-27)23-38(47-35)37-21-29(33(1)45-37)25-5-13-41-14-6-25/h1-24,45,48H. The topological polar surface area (TPSA) is 109 Å². The van der Waals surface area contributed by atoms with Crippen molar-refractivity contribution in [3.8, 4) is 22.3 Å². The number of fused-ring (bicyclic) bond motifs is 10. The summed E-state index contributed by atoms with van der Waals surface area (Å²) in [5.74, 6) is 0. The first-order valence-electron chi connectivity index (χ1n) is 15.6. The normalized spacial score (nSPS) is 12.4. The second-order valence-corrected chi connectivity index (χ2v) is 11.5. The summed E-state index contributed by atoms with van der Waals surface area (Å²) >= 11 is 0. The number of pyridine rings is 4. The highest BCUT2D eigenvalue weighted by Crippen LogP contribution is 2.35. The summed E-state index contributed by atoms with van der Waals surface area (Å²) in [5, 5.41) is 0. The van der Waals surface area contributed by atoms with Gasteiger partial charge in [-0.1, -0.05) is 0 Å². The van der Waals surface area contributed by atoms with Crippen molar-refractivity contribution in [1.82, 2.24) is 39.9 Å². The molecule has 0 unspecified atom stereocenters. The monoisotopic (exact) mass is 618 g/mol.